The van der Waals surface area contributed by atoms with Gasteiger partial charge in [-0.3, -0.25) is 15.0 Å². The highest BCUT2D eigenvalue weighted by Gasteiger charge is 2.43. The molecule has 1 heterocycles. The lowest BCUT2D eigenvalue weighted by atomic mass is 9.80. The fourth-order valence-electron chi connectivity index (χ4n) is 4.58. The molecule has 1 aliphatic rings. The average molecular weight is 556 g/mol. The van der Waals surface area contributed by atoms with Gasteiger partial charge in [0.1, 0.15) is 24.0 Å². The van der Waals surface area contributed by atoms with Crippen molar-refractivity contribution in [3.63, 3.8) is 0 Å². The highest BCUT2D eigenvalue weighted by Crippen LogP contribution is 2.44. The summed E-state index contributed by atoms with van der Waals surface area (Å²) < 4.78 is 62.8. The summed E-state index contributed by atoms with van der Waals surface area (Å²) in [6, 6.07) is 17.3. The normalized spacial score (nSPS) is 16.5. The second-order valence-electron chi connectivity index (χ2n) is 9.05. The van der Waals surface area contributed by atoms with Crippen molar-refractivity contribution in [3.05, 3.63) is 83.4 Å². The maximum Gasteiger partial charge on any atom is 0.419 e. The fraction of sp³-hybridized carbons (Fsp3) is 0.300. The van der Waals surface area contributed by atoms with Gasteiger partial charge in [0.15, 0.2) is 0 Å². The molecule has 4 rings (SSSR count). The number of ether oxygens (including phenoxy) is 4. The molecule has 1 N–H and O–H groups in total. The minimum Gasteiger partial charge on any atom is -0.488 e. The molecule has 3 aromatic rings. The summed E-state index contributed by atoms with van der Waals surface area (Å²) in [5.74, 6) is -3.75. The van der Waals surface area contributed by atoms with Gasteiger partial charge in [0.25, 0.3) is 0 Å². The quantitative estimate of drug-likeness (QED) is 0.302. The van der Waals surface area contributed by atoms with Gasteiger partial charge in [0.2, 0.25) is 5.90 Å². The molecule has 0 saturated carbocycles. The molecule has 2 atom stereocenters. The number of esters is 2. The minimum atomic E-state index is -4.63. The summed E-state index contributed by atoms with van der Waals surface area (Å²) in [5.41, 5.74) is 1.16. The molecule has 0 spiro atoms. The minimum absolute atomic E-state index is 0.0592. The van der Waals surface area contributed by atoms with E-state index in [1.807, 2.05) is 0 Å². The lowest BCUT2D eigenvalue weighted by Gasteiger charge is -2.32. The van der Waals surface area contributed by atoms with Crippen molar-refractivity contribution in [3.8, 4) is 22.6 Å². The maximum atomic E-state index is 13.8. The standard InChI is InChI=1S/C30H28F3NO6/c1-3-37-26(35)16-22-21-14-19(11-13-24(21)40-28(34)27(22)29(36)38-4-2)20-10-12-23(30(31,32)33)25(15-20)39-17-18-8-6-5-7-9-18/h5-15,22,27,34H,3-4,16-17H2,1-2H3. The van der Waals surface area contributed by atoms with Crippen molar-refractivity contribution in [2.45, 2.75) is 39.0 Å². The van der Waals surface area contributed by atoms with Gasteiger partial charge in [-0.05, 0) is 54.8 Å². The smallest absolute Gasteiger partial charge is 0.419 e. The van der Waals surface area contributed by atoms with Gasteiger partial charge in [-0.25, -0.2) is 0 Å². The topological polar surface area (TPSA) is 94.9 Å². The summed E-state index contributed by atoms with van der Waals surface area (Å²) in [6.45, 7) is 3.42. The van der Waals surface area contributed by atoms with Crippen LogP contribution in [0.2, 0.25) is 0 Å². The van der Waals surface area contributed by atoms with Crippen LogP contribution in [0.25, 0.3) is 11.1 Å². The predicted molar refractivity (Wildman–Crippen MR) is 140 cm³/mol. The van der Waals surface area contributed by atoms with Gasteiger partial charge in [-0.15, -0.1) is 0 Å². The van der Waals surface area contributed by atoms with Gasteiger partial charge in [0.05, 0.1) is 25.2 Å². The van der Waals surface area contributed by atoms with Crippen molar-refractivity contribution in [2.75, 3.05) is 13.2 Å². The first-order chi connectivity index (χ1) is 19.1. The number of alkyl halides is 3. The van der Waals surface area contributed by atoms with E-state index in [1.54, 1.807) is 62.4 Å². The number of benzene rings is 3. The third-order valence-electron chi connectivity index (χ3n) is 6.40. The molecule has 0 bridgehead atoms. The summed E-state index contributed by atoms with van der Waals surface area (Å²) >= 11 is 0. The molecule has 0 radical (unpaired) electrons. The van der Waals surface area contributed by atoms with Crippen LogP contribution in [0.1, 0.15) is 42.9 Å². The fourth-order valence-corrected chi connectivity index (χ4v) is 4.58. The molecule has 210 valence electrons. The first-order valence-corrected chi connectivity index (χ1v) is 12.7. The average Bonchev–Trinajstić information content (AvgIpc) is 2.92. The summed E-state index contributed by atoms with van der Waals surface area (Å²) in [5, 5.41) is 8.31. The molecule has 10 heteroatoms. The summed E-state index contributed by atoms with van der Waals surface area (Å²) in [4.78, 5) is 25.2. The summed E-state index contributed by atoms with van der Waals surface area (Å²) in [7, 11) is 0. The Labute approximate surface area is 229 Å². The Balaban J connectivity index is 1.74. The van der Waals surface area contributed by atoms with E-state index < -0.39 is 35.5 Å². The number of carbonyl (C=O) groups excluding carboxylic acids is 2. The van der Waals surface area contributed by atoms with Crippen molar-refractivity contribution in [1.82, 2.24) is 0 Å². The molecular formula is C30H28F3NO6. The first kappa shape index (κ1) is 28.7. The van der Waals surface area contributed by atoms with E-state index in [1.165, 1.54) is 12.1 Å². The van der Waals surface area contributed by atoms with Crippen LogP contribution in [0.15, 0.2) is 66.7 Å². The largest absolute Gasteiger partial charge is 0.488 e. The summed E-state index contributed by atoms with van der Waals surface area (Å²) in [6.07, 6.45) is -4.86. The van der Waals surface area contributed by atoms with E-state index in [-0.39, 0.29) is 43.6 Å². The second-order valence-corrected chi connectivity index (χ2v) is 9.05. The Kier molecular flexibility index (Phi) is 8.77. The maximum absolute atomic E-state index is 13.8. The lowest BCUT2D eigenvalue weighted by molar-refractivity contribution is -0.148. The van der Waals surface area contributed by atoms with Crippen LogP contribution in [-0.2, 0) is 31.8 Å². The first-order valence-electron chi connectivity index (χ1n) is 12.7. The van der Waals surface area contributed by atoms with Crippen LogP contribution in [0.4, 0.5) is 13.2 Å². The van der Waals surface area contributed by atoms with Crippen molar-refractivity contribution >= 4 is 17.8 Å². The molecule has 40 heavy (non-hydrogen) atoms. The molecular weight excluding hydrogens is 527 g/mol. The Morgan fingerprint density at radius 1 is 0.925 bits per heavy atom. The van der Waals surface area contributed by atoms with E-state index >= 15 is 0 Å². The Hall–Kier alpha value is -4.34. The predicted octanol–water partition coefficient (Wildman–Crippen LogP) is 6.54. The molecule has 0 saturated heterocycles. The van der Waals surface area contributed by atoms with Crippen molar-refractivity contribution < 1.29 is 41.7 Å². The number of hydrogen-bond donors (Lipinski definition) is 1. The zero-order valence-electron chi connectivity index (χ0n) is 21.9. The van der Waals surface area contributed by atoms with Crippen molar-refractivity contribution in [1.29, 1.82) is 5.41 Å². The number of hydrogen-bond acceptors (Lipinski definition) is 7. The van der Waals surface area contributed by atoms with Gasteiger partial charge < -0.3 is 18.9 Å². The molecule has 1 aliphatic heterocycles. The van der Waals surface area contributed by atoms with Gasteiger partial charge in [0, 0.05) is 11.5 Å². The van der Waals surface area contributed by atoms with E-state index in [0.29, 0.717) is 22.3 Å². The number of fused-ring (bicyclic) bond motifs is 1. The van der Waals surface area contributed by atoms with Crippen LogP contribution in [0, 0.1) is 11.3 Å². The SMILES string of the molecule is CCOC(=O)CC1c2cc(-c3ccc(C(F)(F)F)c(OCc4ccccc4)c3)ccc2OC(=N)C1C(=O)OCC. The molecule has 0 amide bonds. The number of carbonyl (C=O) groups is 2. The third kappa shape index (κ3) is 6.44. The van der Waals surface area contributed by atoms with Gasteiger partial charge in [-0.1, -0.05) is 42.5 Å². The zero-order chi connectivity index (χ0) is 28.9. The van der Waals surface area contributed by atoms with E-state index in [0.717, 1.165) is 6.07 Å². The molecule has 7 nitrogen and oxygen atoms in total. The van der Waals surface area contributed by atoms with Gasteiger partial charge >= 0.3 is 18.1 Å². The Bertz CT molecular complexity index is 1390. The molecule has 0 aliphatic carbocycles. The van der Waals surface area contributed by atoms with Gasteiger partial charge in [-0.2, -0.15) is 13.2 Å². The van der Waals surface area contributed by atoms with Crippen molar-refractivity contribution in [2.24, 2.45) is 5.92 Å². The second kappa shape index (κ2) is 12.2. The number of halogens is 3. The Morgan fingerprint density at radius 3 is 2.27 bits per heavy atom. The zero-order valence-corrected chi connectivity index (χ0v) is 21.9. The van der Waals surface area contributed by atoms with Crippen LogP contribution < -0.4 is 9.47 Å². The molecule has 2 unspecified atom stereocenters. The molecule has 3 aromatic carbocycles. The van der Waals surface area contributed by atoms with E-state index in [2.05, 4.69) is 0 Å². The highest BCUT2D eigenvalue weighted by molar-refractivity contribution is 6.00. The number of nitrogens with one attached hydrogen (secondary N) is 1. The monoisotopic (exact) mass is 555 g/mol. The molecule has 0 aromatic heterocycles. The van der Waals surface area contributed by atoms with Crippen LogP contribution >= 0.6 is 0 Å². The Morgan fingerprint density at radius 2 is 1.60 bits per heavy atom. The lowest BCUT2D eigenvalue weighted by Crippen LogP contribution is -2.39. The van der Waals surface area contributed by atoms with E-state index in [9.17, 15) is 22.8 Å². The van der Waals surface area contributed by atoms with E-state index in [4.69, 9.17) is 24.4 Å². The van der Waals surface area contributed by atoms with Crippen LogP contribution in [0.5, 0.6) is 11.5 Å². The van der Waals surface area contributed by atoms with Crippen LogP contribution in [-0.4, -0.2) is 31.1 Å². The van der Waals surface area contributed by atoms with Crippen LogP contribution in [0.3, 0.4) is 0 Å². The number of rotatable bonds is 9. The highest BCUT2D eigenvalue weighted by atomic mass is 19.4. The third-order valence-corrected chi connectivity index (χ3v) is 6.40. The molecule has 0 fully saturated rings.